The van der Waals surface area contributed by atoms with Gasteiger partial charge in [0, 0.05) is 25.5 Å². The Morgan fingerprint density at radius 2 is 2.11 bits per heavy atom. The summed E-state index contributed by atoms with van der Waals surface area (Å²) in [6, 6.07) is 4.05. The monoisotopic (exact) mass is 284 g/mol. The third kappa shape index (κ3) is 3.96. The first-order valence-electron chi connectivity index (χ1n) is 5.82. The van der Waals surface area contributed by atoms with Crippen LogP contribution in [0.3, 0.4) is 0 Å². The van der Waals surface area contributed by atoms with Gasteiger partial charge < -0.3 is 10.2 Å². The molecule has 0 aromatic heterocycles. The van der Waals surface area contributed by atoms with Gasteiger partial charge in [0.15, 0.2) is 0 Å². The van der Waals surface area contributed by atoms with Crippen LogP contribution in [0.2, 0.25) is 0 Å². The Kier molecular flexibility index (Phi) is 5.35. The summed E-state index contributed by atoms with van der Waals surface area (Å²) in [5.74, 6) is -1.59. The molecule has 1 rings (SSSR count). The summed E-state index contributed by atoms with van der Waals surface area (Å²) in [6.45, 7) is 1.92. The van der Waals surface area contributed by atoms with Crippen LogP contribution in [0, 0.1) is 11.7 Å². The zero-order valence-electron chi connectivity index (χ0n) is 11.1. The van der Waals surface area contributed by atoms with E-state index in [4.69, 9.17) is 0 Å². The fourth-order valence-electron chi connectivity index (χ4n) is 1.71. The van der Waals surface area contributed by atoms with Gasteiger partial charge >= 0.3 is 0 Å². The van der Waals surface area contributed by atoms with Gasteiger partial charge in [0.2, 0.25) is 5.91 Å². The highest BCUT2D eigenvalue weighted by molar-refractivity contribution is 7.80. The minimum atomic E-state index is -0.595. The number of carbonyl (C=O) groups is 2. The second kappa shape index (κ2) is 6.56. The number of hydrogen-bond acceptors (Lipinski definition) is 3. The molecule has 1 aromatic rings. The number of hydrogen-bond donors (Lipinski definition) is 2. The lowest BCUT2D eigenvalue weighted by atomic mass is 10.1. The second-order valence-electron chi connectivity index (χ2n) is 4.37. The standard InChI is InChI=1S/C13H17FN2O2S/c1-8(12(17)15-2)7-16(3)13(18)10-6-9(19)4-5-11(10)14/h4-6,8,19H,7H2,1-3H3,(H,15,17). The molecule has 1 aromatic carbocycles. The van der Waals surface area contributed by atoms with Crippen molar-refractivity contribution in [1.29, 1.82) is 0 Å². The lowest BCUT2D eigenvalue weighted by Gasteiger charge is -2.21. The number of nitrogens with one attached hydrogen (secondary N) is 1. The summed E-state index contributed by atoms with van der Waals surface area (Å²) in [4.78, 5) is 25.3. The van der Waals surface area contributed by atoms with Crippen LogP contribution >= 0.6 is 12.6 Å². The Balaban J connectivity index is 2.82. The van der Waals surface area contributed by atoms with Crippen molar-refractivity contribution in [3.8, 4) is 0 Å². The number of halogens is 1. The normalized spacial score (nSPS) is 11.8. The predicted molar refractivity (Wildman–Crippen MR) is 73.8 cm³/mol. The van der Waals surface area contributed by atoms with Gasteiger partial charge in [-0.3, -0.25) is 9.59 Å². The van der Waals surface area contributed by atoms with Crippen LogP contribution in [0.1, 0.15) is 17.3 Å². The van der Waals surface area contributed by atoms with Gasteiger partial charge in [-0.2, -0.15) is 0 Å². The maximum Gasteiger partial charge on any atom is 0.256 e. The third-order valence-corrected chi connectivity index (χ3v) is 3.05. The number of nitrogens with zero attached hydrogens (tertiary/aromatic N) is 1. The van der Waals surface area contributed by atoms with E-state index in [0.717, 1.165) is 0 Å². The number of benzene rings is 1. The van der Waals surface area contributed by atoms with Crippen molar-refractivity contribution in [2.75, 3.05) is 20.6 Å². The molecule has 0 aliphatic carbocycles. The van der Waals surface area contributed by atoms with Crippen molar-refractivity contribution >= 4 is 24.4 Å². The van der Waals surface area contributed by atoms with E-state index in [1.165, 1.54) is 37.2 Å². The van der Waals surface area contributed by atoms with Crippen LogP contribution in [0.25, 0.3) is 0 Å². The number of carbonyl (C=O) groups excluding carboxylic acids is 2. The average Bonchev–Trinajstić information content (AvgIpc) is 2.39. The largest absolute Gasteiger partial charge is 0.359 e. The topological polar surface area (TPSA) is 49.4 Å². The van der Waals surface area contributed by atoms with Crippen LogP contribution in [0.4, 0.5) is 4.39 Å². The molecular formula is C13H17FN2O2S. The van der Waals surface area contributed by atoms with Crippen molar-refractivity contribution in [2.24, 2.45) is 5.92 Å². The first-order valence-corrected chi connectivity index (χ1v) is 6.27. The van der Waals surface area contributed by atoms with Crippen LogP contribution in [0.15, 0.2) is 23.1 Å². The summed E-state index contributed by atoms with van der Waals surface area (Å²) < 4.78 is 13.6. The van der Waals surface area contributed by atoms with Gasteiger partial charge in [-0.05, 0) is 18.2 Å². The summed E-state index contributed by atoms with van der Waals surface area (Å²) in [6.07, 6.45) is 0. The van der Waals surface area contributed by atoms with Gasteiger partial charge in [0.1, 0.15) is 5.82 Å². The highest BCUT2D eigenvalue weighted by Gasteiger charge is 2.20. The van der Waals surface area contributed by atoms with Crippen molar-refractivity contribution in [3.63, 3.8) is 0 Å². The maximum atomic E-state index is 13.6. The third-order valence-electron chi connectivity index (χ3n) is 2.77. The average molecular weight is 284 g/mol. The molecule has 2 amide bonds. The molecule has 0 saturated carbocycles. The number of thiol groups is 1. The molecule has 0 aliphatic heterocycles. The zero-order chi connectivity index (χ0) is 14.6. The molecule has 0 fully saturated rings. The summed E-state index contributed by atoms with van der Waals surface area (Å²) in [7, 11) is 3.07. The molecule has 1 N–H and O–H groups in total. The first kappa shape index (κ1) is 15.5. The van der Waals surface area contributed by atoms with Crippen molar-refractivity contribution in [2.45, 2.75) is 11.8 Å². The van der Waals surface area contributed by atoms with E-state index in [9.17, 15) is 14.0 Å². The Bertz CT molecular complexity index is 494. The van der Waals surface area contributed by atoms with Crippen molar-refractivity contribution in [3.05, 3.63) is 29.6 Å². The molecule has 0 spiro atoms. The van der Waals surface area contributed by atoms with E-state index in [2.05, 4.69) is 17.9 Å². The lowest BCUT2D eigenvalue weighted by Crippen LogP contribution is -2.37. The molecule has 1 atom stereocenters. The Hall–Kier alpha value is -1.56. The minimum absolute atomic E-state index is 0.0425. The lowest BCUT2D eigenvalue weighted by molar-refractivity contribution is -0.124. The molecule has 104 valence electrons. The molecule has 6 heteroatoms. The maximum absolute atomic E-state index is 13.6. The fraction of sp³-hybridized carbons (Fsp3) is 0.385. The number of amides is 2. The predicted octanol–water partition coefficient (Wildman–Crippen LogP) is 1.57. The molecule has 0 radical (unpaired) electrons. The van der Waals surface area contributed by atoms with Crippen LogP contribution in [0.5, 0.6) is 0 Å². The first-order chi connectivity index (χ1) is 8.86. The highest BCUT2D eigenvalue weighted by Crippen LogP contribution is 2.15. The Morgan fingerprint density at radius 1 is 1.47 bits per heavy atom. The number of rotatable bonds is 4. The van der Waals surface area contributed by atoms with E-state index in [0.29, 0.717) is 4.90 Å². The van der Waals surface area contributed by atoms with Gasteiger partial charge in [0.25, 0.3) is 5.91 Å². The van der Waals surface area contributed by atoms with Crippen LogP contribution in [-0.4, -0.2) is 37.4 Å². The molecule has 19 heavy (non-hydrogen) atoms. The van der Waals surface area contributed by atoms with Crippen LogP contribution < -0.4 is 5.32 Å². The summed E-state index contributed by atoms with van der Waals surface area (Å²) in [5, 5.41) is 2.51. The second-order valence-corrected chi connectivity index (χ2v) is 4.88. The Morgan fingerprint density at radius 3 is 2.68 bits per heavy atom. The van der Waals surface area contributed by atoms with Gasteiger partial charge in [0.05, 0.1) is 11.5 Å². The van der Waals surface area contributed by atoms with E-state index >= 15 is 0 Å². The highest BCUT2D eigenvalue weighted by atomic mass is 32.1. The van der Waals surface area contributed by atoms with Gasteiger partial charge in [-0.25, -0.2) is 4.39 Å². The molecule has 0 heterocycles. The fourth-order valence-corrected chi connectivity index (χ4v) is 1.91. The van der Waals surface area contributed by atoms with Gasteiger partial charge in [-0.1, -0.05) is 6.92 Å². The molecule has 4 nitrogen and oxygen atoms in total. The smallest absolute Gasteiger partial charge is 0.256 e. The minimum Gasteiger partial charge on any atom is -0.359 e. The zero-order valence-corrected chi connectivity index (χ0v) is 12.0. The van der Waals surface area contributed by atoms with E-state index in [1.807, 2.05) is 0 Å². The van der Waals surface area contributed by atoms with Crippen molar-refractivity contribution in [1.82, 2.24) is 10.2 Å². The van der Waals surface area contributed by atoms with Crippen LogP contribution in [-0.2, 0) is 4.79 Å². The molecular weight excluding hydrogens is 267 g/mol. The molecule has 0 saturated heterocycles. The molecule has 0 bridgehead atoms. The molecule has 1 unspecified atom stereocenters. The van der Waals surface area contributed by atoms with Crippen molar-refractivity contribution < 1.29 is 14.0 Å². The summed E-state index contributed by atoms with van der Waals surface area (Å²) in [5.41, 5.74) is -0.0425. The van der Waals surface area contributed by atoms with E-state index < -0.39 is 11.7 Å². The molecule has 0 aliphatic rings. The quantitative estimate of drug-likeness (QED) is 0.825. The Labute approximate surface area is 117 Å². The van der Waals surface area contributed by atoms with E-state index in [1.54, 1.807) is 6.92 Å². The van der Waals surface area contributed by atoms with Gasteiger partial charge in [-0.15, -0.1) is 12.6 Å². The SMILES string of the molecule is CNC(=O)C(C)CN(C)C(=O)c1cc(S)ccc1F. The summed E-state index contributed by atoms with van der Waals surface area (Å²) >= 11 is 4.08. The van der Waals surface area contributed by atoms with E-state index in [-0.39, 0.29) is 23.9 Å².